The first kappa shape index (κ1) is 14.0. The highest BCUT2D eigenvalue weighted by Gasteiger charge is 2.08. The molecule has 2 aromatic rings. The van der Waals surface area contributed by atoms with Gasteiger partial charge in [0.05, 0.1) is 6.20 Å². The Kier molecular flexibility index (Phi) is 4.65. The SMILES string of the molecule is C=CCNC(=O)CCc1ncc(-c2ccc(F)cc2)o1. The molecule has 0 atom stereocenters. The number of aromatic nitrogens is 1. The van der Waals surface area contributed by atoms with Crippen LogP contribution in [0, 0.1) is 5.82 Å². The van der Waals surface area contributed by atoms with Gasteiger partial charge in [-0.3, -0.25) is 4.79 Å². The second-order valence-corrected chi connectivity index (χ2v) is 4.22. The first-order chi connectivity index (χ1) is 9.69. The van der Waals surface area contributed by atoms with Crippen LogP contribution in [0.3, 0.4) is 0 Å². The van der Waals surface area contributed by atoms with Gasteiger partial charge in [0.2, 0.25) is 5.91 Å². The van der Waals surface area contributed by atoms with Crippen LogP contribution in [0.2, 0.25) is 0 Å². The normalized spacial score (nSPS) is 10.2. The van der Waals surface area contributed by atoms with Crippen molar-refractivity contribution in [1.82, 2.24) is 10.3 Å². The van der Waals surface area contributed by atoms with Gasteiger partial charge in [0.25, 0.3) is 0 Å². The molecule has 0 radical (unpaired) electrons. The Labute approximate surface area is 116 Å². The lowest BCUT2D eigenvalue weighted by Crippen LogP contribution is -2.23. The number of carbonyl (C=O) groups is 1. The molecule has 0 bridgehead atoms. The molecule has 104 valence electrons. The Balaban J connectivity index is 1.94. The molecular weight excluding hydrogens is 259 g/mol. The van der Waals surface area contributed by atoms with Gasteiger partial charge in [-0.05, 0) is 24.3 Å². The highest BCUT2D eigenvalue weighted by Crippen LogP contribution is 2.21. The van der Waals surface area contributed by atoms with Crippen LogP contribution in [0.25, 0.3) is 11.3 Å². The largest absolute Gasteiger partial charge is 0.441 e. The predicted octanol–water partition coefficient (Wildman–Crippen LogP) is 2.72. The topological polar surface area (TPSA) is 55.1 Å². The fourth-order valence-electron chi connectivity index (χ4n) is 1.67. The zero-order chi connectivity index (χ0) is 14.4. The minimum absolute atomic E-state index is 0.0774. The number of benzene rings is 1. The van der Waals surface area contributed by atoms with Crippen LogP contribution in [-0.4, -0.2) is 17.4 Å². The summed E-state index contributed by atoms with van der Waals surface area (Å²) in [6.07, 6.45) is 3.92. The molecule has 1 heterocycles. The van der Waals surface area contributed by atoms with Gasteiger partial charge in [-0.15, -0.1) is 6.58 Å². The molecule has 0 saturated heterocycles. The lowest BCUT2D eigenvalue weighted by molar-refractivity contribution is -0.120. The zero-order valence-electron chi connectivity index (χ0n) is 10.9. The molecule has 2 rings (SSSR count). The number of nitrogens with one attached hydrogen (secondary N) is 1. The van der Waals surface area contributed by atoms with Gasteiger partial charge in [-0.1, -0.05) is 6.08 Å². The molecule has 1 N–H and O–H groups in total. The van der Waals surface area contributed by atoms with Crippen molar-refractivity contribution in [2.45, 2.75) is 12.8 Å². The van der Waals surface area contributed by atoms with Crippen molar-refractivity contribution in [3.8, 4) is 11.3 Å². The van der Waals surface area contributed by atoms with Gasteiger partial charge in [-0.25, -0.2) is 9.37 Å². The monoisotopic (exact) mass is 274 g/mol. The van der Waals surface area contributed by atoms with E-state index in [1.54, 1.807) is 24.4 Å². The number of aryl methyl sites for hydroxylation is 1. The molecule has 0 saturated carbocycles. The van der Waals surface area contributed by atoms with E-state index in [-0.39, 0.29) is 11.7 Å². The first-order valence-electron chi connectivity index (χ1n) is 6.27. The van der Waals surface area contributed by atoms with Gasteiger partial charge in [-0.2, -0.15) is 0 Å². The van der Waals surface area contributed by atoms with E-state index in [1.807, 2.05) is 0 Å². The fraction of sp³-hybridized carbons (Fsp3) is 0.200. The minimum Gasteiger partial charge on any atom is -0.441 e. The standard InChI is InChI=1S/C15H15FN2O2/c1-2-9-17-14(19)7-8-15-18-10-13(20-15)11-3-5-12(16)6-4-11/h2-6,10H,1,7-9H2,(H,17,19). The highest BCUT2D eigenvalue weighted by atomic mass is 19.1. The van der Waals surface area contributed by atoms with Gasteiger partial charge >= 0.3 is 0 Å². The predicted molar refractivity (Wildman–Crippen MR) is 73.4 cm³/mol. The Morgan fingerprint density at radius 2 is 2.15 bits per heavy atom. The van der Waals surface area contributed by atoms with Gasteiger partial charge < -0.3 is 9.73 Å². The summed E-state index contributed by atoms with van der Waals surface area (Å²) in [6.45, 7) is 3.97. The van der Waals surface area contributed by atoms with E-state index < -0.39 is 0 Å². The van der Waals surface area contributed by atoms with Crippen molar-refractivity contribution in [3.05, 3.63) is 54.8 Å². The third-order valence-electron chi connectivity index (χ3n) is 2.69. The maximum absolute atomic E-state index is 12.8. The Hall–Kier alpha value is -2.43. The van der Waals surface area contributed by atoms with E-state index in [0.717, 1.165) is 5.56 Å². The average Bonchev–Trinajstić information content (AvgIpc) is 2.92. The molecule has 4 nitrogen and oxygen atoms in total. The number of rotatable bonds is 6. The summed E-state index contributed by atoms with van der Waals surface area (Å²) in [6, 6.07) is 5.97. The summed E-state index contributed by atoms with van der Waals surface area (Å²) in [5.74, 6) is 0.670. The maximum atomic E-state index is 12.8. The van der Waals surface area contributed by atoms with E-state index in [2.05, 4.69) is 16.9 Å². The van der Waals surface area contributed by atoms with Crippen LogP contribution in [0.1, 0.15) is 12.3 Å². The number of hydrogen-bond donors (Lipinski definition) is 1. The van der Waals surface area contributed by atoms with Crippen LogP contribution in [-0.2, 0) is 11.2 Å². The van der Waals surface area contributed by atoms with E-state index in [1.165, 1.54) is 12.1 Å². The van der Waals surface area contributed by atoms with Crippen LogP contribution in [0.5, 0.6) is 0 Å². The summed E-state index contributed by atoms with van der Waals surface area (Å²) >= 11 is 0. The van der Waals surface area contributed by atoms with Gasteiger partial charge in [0.1, 0.15) is 5.82 Å². The number of halogens is 1. The molecule has 5 heteroatoms. The summed E-state index contributed by atoms with van der Waals surface area (Å²) in [4.78, 5) is 15.5. The van der Waals surface area contributed by atoms with Crippen molar-refractivity contribution >= 4 is 5.91 Å². The molecule has 0 fully saturated rings. The Morgan fingerprint density at radius 1 is 1.40 bits per heavy atom. The summed E-state index contributed by atoms with van der Waals surface area (Å²) in [5, 5.41) is 2.68. The van der Waals surface area contributed by atoms with E-state index in [4.69, 9.17) is 4.42 Å². The molecule has 0 spiro atoms. The number of oxazole rings is 1. The van der Waals surface area contributed by atoms with Gasteiger partial charge in [0.15, 0.2) is 11.7 Å². The van der Waals surface area contributed by atoms with Crippen molar-refractivity contribution < 1.29 is 13.6 Å². The molecule has 0 unspecified atom stereocenters. The molecule has 1 aromatic heterocycles. The number of hydrogen-bond acceptors (Lipinski definition) is 3. The number of amides is 1. The lowest BCUT2D eigenvalue weighted by Gasteiger charge is -1.99. The van der Waals surface area contributed by atoms with Crippen molar-refractivity contribution in [3.63, 3.8) is 0 Å². The second kappa shape index (κ2) is 6.65. The Bertz CT molecular complexity index is 590. The maximum Gasteiger partial charge on any atom is 0.220 e. The molecule has 20 heavy (non-hydrogen) atoms. The summed E-state index contributed by atoms with van der Waals surface area (Å²) < 4.78 is 18.4. The van der Waals surface area contributed by atoms with Crippen molar-refractivity contribution in [1.29, 1.82) is 0 Å². The number of carbonyl (C=O) groups excluding carboxylic acids is 1. The van der Waals surface area contributed by atoms with Crippen LogP contribution in [0.15, 0.2) is 47.5 Å². The molecule has 0 aliphatic carbocycles. The third-order valence-corrected chi connectivity index (χ3v) is 2.69. The fourth-order valence-corrected chi connectivity index (χ4v) is 1.67. The summed E-state index contributed by atoms with van der Waals surface area (Å²) in [5.41, 5.74) is 0.751. The molecule has 0 aliphatic heterocycles. The lowest BCUT2D eigenvalue weighted by atomic mass is 10.2. The molecule has 1 amide bonds. The van der Waals surface area contributed by atoms with Crippen LogP contribution >= 0.6 is 0 Å². The minimum atomic E-state index is -0.299. The Morgan fingerprint density at radius 3 is 2.85 bits per heavy atom. The van der Waals surface area contributed by atoms with Crippen LogP contribution < -0.4 is 5.32 Å². The van der Waals surface area contributed by atoms with Gasteiger partial charge in [0, 0.05) is 24.9 Å². The molecular formula is C15H15FN2O2. The van der Waals surface area contributed by atoms with Crippen molar-refractivity contribution in [2.24, 2.45) is 0 Å². The van der Waals surface area contributed by atoms with Crippen molar-refractivity contribution in [2.75, 3.05) is 6.54 Å². The molecule has 0 aliphatic rings. The summed E-state index contributed by atoms with van der Waals surface area (Å²) in [7, 11) is 0. The zero-order valence-corrected chi connectivity index (χ0v) is 10.9. The smallest absolute Gasteiger partial charge is 0.220 e. The van der Waals surface area contributed by atoms with Crippen LogP contribution in [0.4, 0.5) is 4.39 Å². The van der Waals surface area contributed by atoms with E-state index in [9.17, 15) is 9.18 Å². The number of nitrogens with zero attached hydrogens (tertiary/aromatic N) is 1. The van der Waals surface area contributed by atoms with E-state index >= 15 is 0 Å². The van der Waals surface area contributed by atoms with E-state index in [0.29, 0.717) is 31.0 Å². The second-order valence-electron chi connectivity index (χ2n) is 4.22. The molecule has 1 aromatic carbocycles. The highest BCUT2D eigenvalue weighted by molar-refractivity contribution is 5.76. The quantitative estimate of drug-likeness (QED) is 0.824. The third kappa shape index (κ3) is 3.78. The average molecular weight is 274 g/mol. The first-order valence-corrected chi connectivity index (χ1v) is 6.27.